The van der Waals surface area contributed by atoms with Gasteiger partial charge in [-0.15, -0.1) is 0 Å². The largest absolute Gasteiger partial charge is 2.00 e. The van der Waals surface area contributed by atoms with E-state index in [9.17, 15) is 24.6 Å². The van der Waals surface area contributed by atoms with Crippen molar-refractivity contribution in [2.45, 2.75) is 104 Å². The number of aliphatic hydroxyl groups is 2. The topological polar surface area (TPSA) is 189 Å². The summed E-state index contributed by atoms with van der Waals surface area (Å²) < 4.78 is 0. The summed E-state index contributed by atoms with van der Waals surface area (Å²) in [7, 11) is 0. The fourth-order valence-corrected chi connectivity index (χ4v) is 3.98. The molecular formula is C32H58CaN4O8. The Labute approximate surface area is 300 Å². The summed E-state index contributed by atoms with van der Waals surface area (Å²) in [5.74, 6) is -2.21. The van der Waals surface area contributed by atoms with Crippen LogP contribution < -0.4 is 15.5 Å². The summed E-state index contributed by atoms with van der Waals surface area (Å²) in [6.07, 6.45) is 15.6. The molecule has 0 aliphatic carbocycles. The van der Waals surface area contributed by atoms with Crippen molar-refractivity contribution in [1.82, 2.24) is 15.1 Å². The number of rotatable bonds is 26. The van der Waals surface area contributed by atoms with Crippen LogP contribution in [-0.2, 0) is 14.4 Å². The molecule has 0 spiro atoms. The molecule has 256 valence electrons. The van der Waals surface area contributed by atoms with Crippen LogP contribution >= 0.6 is 0 Å². The number of unbranched alkanes of at least 4 members (excludes halogenated alkanes) is 2. The van der Waals surface area contributed by atoms with Gasteiger partial charge in [0.15, 0.2) is 0 Å². The monoisotopic (exact) mass is 666 g/mol. The Morgan fingerprint density at radius 1 is 0.778 bits per heavy atom. The summed E-state index contributed by atoms with van der Waals surface area (Å²) in [5, 5.41) is 52.1. The van der Waals surface area contributed by atoms with E-state index in [1.165, 1.54) is 6.92 Å². The minimum absolute atomic E-state index is 0. The van der Waals surface area contributed by atoms with Crippen LogP contribution in [0.1, 0.15) is 91.9 Å². The van der Waals surface area contributed by atoms with Crippen LogP contribution in [0.4, 0.5) is 0 Å². The van der Waals surface area contributed by atoms with E-state index in [1.807, 2.05) is 0 Å². The second kappa shape index (κ2) is 33.8. The first-order chi connectivity index (χ1) is 21.0. The minimum Gasteiger partial charge on any atom is -0.862 e. The van der Waals surface area contributed by atoms with Gasteiger partial charge in [-0.25, -0.2) is 0 Å². The van der Waals surface area contributed by atoms with Crippen molar-refractivity contribution in [2.75, 3.05) is 52.5 Å². The molecule has 0 aromatic carbocycles. The second-order valence-electron chi connectivity index (χ2n) is 10.4. The summed E-state index contributed by atoms with van der Waals surface area (Å²) in [4.78, 5) is 41.0. The Morgan fingerprint density at radius 2 is 1.29 bits per heavy atom. The number of hydrogen-bond acceptors (Lipinski definition) is 10. The van der Waals surface area contributed by atoms with Crippen LogP contribution in [0.15, 0.2) is 29.3 Å². The zero-order valence-corrected chi connectivity index (χ0v) is 30.3. The van der Waals surface area contributed by atoms with Gasteiger partial charge >= 0.3 is 43.7 Å². The van der Waals surface area contributed by atoms with E-state index < -0.39 is 24.0 Å². The Balaban J connectivity index is -0.000000767. The SMILES string of the molecule is CC/C=C/CCCC(=O)NCCN(CCCO)C(C)C(=O)O.CC/C=C/CCCC([O-])=NCCN(CCCO)C(C)C(=O)[O-].[Ca+2]. The average Bonchev–Trinajstić information content (AvgIpc) is 2.99. The van der Waals surface area contributed by atoms with Gasteiger partial charge in [-0.05, 0) is 77.5 Å². The molecule has 4 N–H and O–H groups in total. The molecule has 12 nitrogen and oxygen atoms in total. The number of carbonyl (C=O) groups excluding carboxylic acids is 2. The number of amides is 1. The van der Waals surface area contributed by atoms with Gasteiger partial charge in [-0.2, -0.15) is 0 Å². The second-order valence-corrected chi connectivity index (χ2v) is 10.4. The Hall–Kier alpha value is -1.54. The molecule has 0 saturated carbocycles. The third-order valence-corrected chi connectivity index (χ3v) is 6.74. The first-order valence-corrected chi connectivity index (χ1v) is 16.0. The molecule has 0 saturated heterocycles. The number of allylic oxidation sites excluding steroid dienone is 4. The van der Waals surface area contributed by atoms with E-state index in [-0.39, 0.29) is 69.3 Å². The Bertz CT molecular complexity index is 842. The maximum atomic E-state index is 11.7. The molecule has 0 rings (SSSR count). The van der Waals surface area contributed by atoms with Gasteiger partial charge in [0.05, 0.1) is 12.5 Å². The van der Waals surface area contributed by atoms with Crippen molar-refractivity contribution in [1.29, 1.82) is 0 Å². The molecule has 0 heterocycles. The normalized spacial score (nSPS) is 13.0. The third kappa shape index (κ3) is 29.6. The molecule has 0 aliphatic rings. The first-order valence-electron chi connectivity index (χ1n) is 16.0. The molecule has 0 aromatic rings. The summed E-state index contributed by atoms with van der Waals surface area (Å²) in [5.41, 5.74) is 0. The molecule has 0 bridgehead atoms. The van der Waals surface area contributed by atoms with Crippen molar-refractivity contribution in [3.63, 3.8) is 0 Å². The van der Waals surface area contributed by atoms with Crippen LogP contribution in [-0.4, -0.2) is 151 Å². The molecular weight excluding hydrogens is 608 g/mol. The number of aliphatic carboxylic acids is 2. The first kappa shape index (κ1) is 47.9. The van der Waals surface area contributed by atoms with Crippen molar-refractivity contribution < 1.29 is 39.9 Å². The van der Waals surface area contributed by atoms with Crippen LogP contribution in [0.3, 0.4) is 0 Å². The molecule has 13 heteroatoms. The van der Waals surface area contributed by atoms with Gasteiger partial charge in [0, 0.05) is 58.4 Å². The van der Waals surface area contributed by atoms with Gasteiger partial charge in [-0.3, -0.25) is 19.4 Å². The standard InChI is InChI=1S/2C16H30N2O4.Ca/c2*1-3-4-5-6-7-9-15(20)17-10-12-18(11-8-13-19)14(2)16(21)22;/h2*4-5,14,19H,3,6-13H2,1-2H3,(H,17,20)(H,21,22);/q;;+2/p-2/b2*5-4+;. The molecule has 0 radical (unpaired) electrons. The van der Waals surface area contributed by atoms with Crippen molar-refractivity contribution in [3.05, 3.63) is 24.3 Å². The molecule has 0 aromatic heterocycles. The van der Waals surface area contributed by atoms with Gasteiger partial charge in [0.25, 0.3) is 0 Å². The van der Waals surface area contributed by atoms with E-state index in [0.717, 1.165) is 38.5 Å². The fourth-order valence-electron chi connectivity index (χ4n) is 3.98. The Morgan fingerprint density at radius 3 is 1.76 bits per heavy atom. The number of nitrogens with one attached hydrogen (secondary N) is 1. The van der Waals surface area contributed by atoms with Gasteiger partial charge < -0.3 is 40.6 Å². The fraction of sp³-hybridized carbons (Fsp3) is 0.750. The van der Waals surface area contributed by atoms with E-state index in [2.05, 4.69) is 48.5 Å². The van der Waals surface area contributed by atoms with Gasteiger partial charge in [0.2, 0.25) is 5.91 Å². The van der Waals surface area contributed by atoms with E-state index in [0.29, 0.717) is 58.4 Å². The summed E-state index contributed by atoms with van der Waals surface area (Å²) in [6, 6.07) is -1.38. The smallest absolute Gasteiger partial charge is 0.862 e. The van der Waals surface area contributed by atoms with E-state index >= 15 is 0 Å². The molecule has 0 aliphatic heterocycles. The number of carboxylic acids is 2. The zero-order valence-electron chi connectivity index (χ0n) is 28.1. The number of aliphatic imine (C=N–C) groups is 1. The number of carbonyl (C=O) groups is 3. The maximum absolute atomic E-state index is 11.7. The van der Waals surface area contributed by atoms with Crippen LogP contribution in [0.25, 0.3) is 0 Å². The maximum Gasteiger partial charge on any atom is 2.00 e. The number of carboxylic acid groups (broad SMARTS) is 2. The van der Waals surface area contributed by atoms with Crippen LogP contribution in [0.5, 0.6) is 0 Å². The van der Waals surface area contributed by atoms with Crippen LogP contribution in [0.2, 0.25) is 0 Å². The average molecular weight is 667 g/mol. The number of nitrogens with zero attached hydrogens (tertiary/aromatic N) is 3. The van der Waals surface area contributed by atoms with Gasteiger partial charge in [0.1, 0.15) is 6.04 Å². The quantitative estimate of drug-likeness (QED) is 0.0337. The summed E-state index contributed by atoms with van der Waals surface area (Å²) >= 11 is 0. The molecule has 2 atom stereocenters. The van der Waals surface area contributed by atoms with Crippen LogP contribution in [0, 0.1) is 0 Å². The van der Waals surface area contributed by atoms with Crippen molar-refractivity contribution >= 4 is 61.5 Å². The molecule has 0 fully saturated rings. The van der Waals surface area contributed by atoms with E-state index in [4.69, 9.17) is 15.3 Å². The molecule has 45 heavy (non-hydrogen) atoms. The predicted molar refractivity (Wildman–Crippen MR) is 176 cm³/mol. The van der Waals surface area contributed by atoms with Crippen molar-refractivity contribution in [3.8, 4) is 0 Å². The summed E-state index contributed by atoms with van der Waals surface area (Å²) in [6.45, 7) is 9.79. The van der Waals surface area contributed by atoms with Crippen molar-refractivity contribution in [2.24, 2.45) is 4.99 Å². The number of hydrogen-bond donors (Lipinski definition) is 4. The van der Waals surface area contributed by atoms with Gasteiger partial charge in [-0.1, -0.05) is 38.2 Å². The zero-order chi connectivity index (χ0) is 33.6. The van der Waals surface area contributed by atoms with E-state index in [1.54, 1.807) is 16.7 Å². The molecule has 2 unspecified atom stereocenters. The number of aliphatic hydroxyl groups excluding tert-OH is 2. The third-order valence-electron chi connectivity index (χ3n) is 6.74. The minimum atomic E-state index is -1.16. The molecule has 1 amide bonds. The predicted octanol–water partition coefficient (Wildman–Crippen LogP) is 0.720. The Kier molecular flexibility index (Phi) is 36.0.